The minimum absolute atomic E-state index is 0.0283. The van der Waals surface area contributed by atoms with Crippen molar-refractivity contribution in [3.05, 3.63) is 71.0 Å². The second-order valence-electron chi connectivity index (χ2n) is 8.79. The second kappa shape index (κ2) is 10.4. The Morgan fingerprint density at radius 3 is 2.29 bits per heavy atom. The van der Waals surface area contributed by atoms with Crippen LogP contribution in [0.3, 0.4) is 0 Å². The number of carbonyl (C=O) groups is 2. The molecule has 0 spiro atoms. The Kier molecular flexibility index (Phi) is 7.29. The molecule has 0 radical (unpaired) electrons. The van der Waals surface area contributed by atoms with Crippen LogP contribution in [0.4, 0.5) is 10.1 Å². The van der Waals surface area contributed by atoms with E-state index in [9.17, 15) is 19.1 Å². The summed E-state index contributed by atoms with van der Waals surface area (Å²) in [7, 11) is 3.86. The molecule has 0 bridgehead atoms. The molecule has 2 saturated heterocycles. The van der Waals surface area contributed by atoms with Crippen molar-refractivity contribution in [1.82, 2.24) is 9.80 Å². The molecule has 0 aliphatic carbocycles. The number of carbonyl (C=O) groups excluding carboxylic acids is 2. The highest BCUT2D eigenvalue weighted by atomic mass is 19.1. The van der Waals surface area contributed by atoms with Gasteiger partial charge >= 0.3 is 0 Å². The van der Waals surface area contributed by atoms with E-state index in [2.05, 4.69) is 4.90 Å². The predicted octanol–water partition coefficient (Wildman–Crippen LogP) is 3.04. The maximum absolute atomic E-state index is 13.4. The number of amides is 1. The number of ether oxygens (including phenoxy) is 1. The van der Waals surface area contributed by atoms with Crippen molar-refractivity contribution in [2.45, 2.75) is 12.5 Å². The summed E-state index contributed by atoms with van der Waals surface area (Å²) in [5.41, 5.74) is 2.04. The minimum atomic E-state index is -0.727. The molecular formula is C26H30FN3O4. The van der Waals surface area contributed by atoms with E-state index in [1.54, 1.807) is 4.90 Å². The molecular weight excluding hydrogens is 437 g/mol. The third kappa shape index (κ3) is 4.98. The number of rotatable bonds is 7. The number of likely N-dealkylation sites (tertiary alicyclic amines) is 1. The molecule has 0 saturated carbocycles. The monoisotopic (exact) mass is 467 g/mol. The van der Waals surface area contributed by atoms with Gasteiger partial charge in [-0.3, -0.25) is 14.5 Å². The zero-order valence-corrected chi connectivity index (χ0v) is 19.5. The van der Waals surface area contributed by atoms with E-state index in [4.69, 9.17) is 4.74 Å². The van der Waals surface area contributed by atoms with Gasteiger partial charge < -0.3 is 19.6 Å². The van der Waals surface area contributed by atoms with Gasteiger partial charge in [0.25, 0.3) is 11.7 Å². The highest BCUT2D eigenvalue weighted by molar-refractivity contribution is 6.46. The summed E-state index contributed by atoms with van der Waals surface area (Å²) in [5, 5.41) is 11.0. The SMILES string of the molecule is CN(C)c1ccc([C@H]2C(=C(O)c3ccc(F)cc3)C(=O)C(=O)N2CCCN2CCOCC2)cc1. The summed E-state index contributed by atoms with van der Waals surface area (Å²) in [6.45, 7) is 4.25. The van der Waals surface area contributed by atoms with Crippen LogP contribution in [0.25, 0.3) is 5.76 Å². The van der Waals surface area contributed by atoms with Crippen molar-refractivity contribution in [2.75, 3.05) is 58.4 Å². The molecule has 1 N–H and O–H groups in total. The van der Waals surface area contributed by atoms with E-state index in [1.165, 1.54) is 24.3 Å². The van der Waals surface area contributed by atoms with E-state index < -0.39 is 23.5 Å². The van der Waals surface area contributed by atoms with Crippen molar-refractivity contribution < 1.29 is 23.8 Å². The minimum Gasteiger partial charge on any atom is -0.507 e. The third-order valence-corrected chi connectivity index (χ3v) is 6.36. The van der Waals surface area contributed by atoms with Crippen LogP contribution in [0.15, 0.2) is 54.1 Å². The molecule has 0 aromatic heterocycles. The van der Waals surface area contributed by atoms with Crippen LogP contribution >= 0.6 is 0 Å². The van der Waals surface area contributed by atoms with Gasteiger partial charge in [0.2, 0.25) is 0 Å². The average Bonchev–Trinajstić information content (AvgIpc) is 3.10. The van der Waals surface area contributed by atoms with Crippen LogP contribution in [0.5, 0.6) is 0 Å². The number of hydrogen-bond donors (Lipinski definition) is 1. The number of ketones is 1. The lowest BCUT2D eigenvalue weighted by atomic mass is 9.95. The first-order valence-electron chi connectivity index (χ1n) is 11.5. The average molecular weight is 468 g/mol. The Bertz CT molecular complexity index is 1060. The normalized spacial score (nSPS) is 20.7. The number of hydrogen-bond acceptors (Lipinski definition) is 6. The third-order valence-electron chi connectivity index (χ3n) is 6.36. The van der Waals surface area contributed by atoms with Gasteiger partial charge in [-0.05, 0) is 48.4 Å². The topological polar surface area (TPSA) is 73.3 Å². The Labute approximate surface area is 199 Å². The van der Waals surface area contributed by atoms with E-state index in [0.717, 1.165) is 30.9 Å². The fourth-order valence-corrected chi connectivity index (χ4v) is 4.46. The number of morpholine rings is 1. The molecule has 2 aromatic carbocycles. The standard InChI is InChI=1S/C26H30FN3O4/c1-28(2)21-10-6-18(7-11-21)23-22(24(31)19-4-8-20(27)9-5-19)25(32)26(33)30(23)13-3-12-29-14-16-34-17-15-29/h4-11,23,31H,3,12-17H2,1-2H3/t23-/m0/s1. The molecule has 7 nitrogen and oxygen atoms in total. The molecule has 180 valence electrons. The van der Waals surface area contributed by atoms with Gasteiger partial charge in [0.05, 0.1) is 24.8 Å². The molecule has 0 unspecified atom stereocenters. The lowest BCUT2D eigenvalue weighted by molar-refractivity contribution is -0.140. The van der Waals surface area contributed by atoms with Gasteiger partial charge in [-0.25, -0.2) is 4.39 Å². The van der Waals surface area contributed by atoms with Gasteiger partial charge in [0.15, 0.2) is 0 Å². The van der Waals surface area contributed by atoms with Crippen LogP contribution in [0.2, 0.25) is 0 Å². The molecule has 2 fully saturated rings. The Balaban J connectivity index is 1.67. The largest absolute Gasteiger partial charge is 0.507 e. The van der Waals surface area contributed by atoms with Gasteiger partial charge in [0, 0.05) is 51.5 Å². The van der Waals surface area contributed by atoms with Crippen LogP contribution < -0.4 is 4.90 Å². The van der Waals surface area contributed by atoms with Crippen molar-refractivity contribution in [1.29, 1.82) is 0 Å². The Hall–Kier alpha value is -3.23. The van der Waals surface area contributed by atoms with Gasteiger partial charge in [0.1, 0.15) is 11.6 Å². The predicted molar refractivity (Wildman–Crippen MR) is 128 cm³/mol. The van der Waals surface area contributed by atoms with Crippen molar-refractivity contribution in [2.24, 2.45) is 0 Å². The summed E-state index contributed by atoms with van der Waals surface area (Å²) >= 11 is 0. The maximum atomic E-state index is 13.4. The van der Waals surface area contributed by atoms with Crippen LogP contribution in [0, 0.1) is 5.82 Å². The van der Waals surface area contributed by atoms with E-state index in [1.807, 2.05) is 43.3 Å². The van der Waals surface area contributed by atoms with Crippen molar-refractivity contribution >= 4 is 23.1 Å². The summed E-state index contributed by atoms with van der Waals surface area (Å²) in [6.07, 6.45) is 0.690. The summed E-state index contributed by atoms with van der Waals surface area (Å²) in [5.74, 6) is -2.10. The van der Waals surface area contributed by atoms with E-state index >= 15 is 0 Å². The first-order chi connectivity index (χ1) is 16.4. The van der Waals surface area contributed by atoms with Crippen LogP contribution in [-0.4, -0.2) is 80.1 Å². The molecule has 2 aromatic rings. The van der Waals surface area contributed by atoms with Crippen LogP contribution in [-0.2, 0) is 14.3 Å². The number of benzene rings is 2. The molecule has 2 heterocycles. The highest BCUT2D eigenvalue weighted by Crippen LogP contribution is 2.39. The molecule has 8 heteroatoms. The number of anilines is 1. The number of aliphatic hydroxyl groups excluding tert-OH is 1. The zero-order valence-electron chi connectivity index (χ0n) is 19.5. The van der Waals surface area contributed by atoms with Gasteiger partial charge in [-0.15, -0.1) is 0 Å². The number of aliphatic hydroxyl groups is 1. The van der Waals surface area contributed by atoms with E-state index in [-0.39, 0.29) is 11.3 Å². The lowest BCUT2D eigenvalue weighted by Gasteiger charge is -2.29. The Morgan fingerprint density at radius 2 is 1.68 bits per heavy atom. The molecule has 4 rings (SSSR count). The second-order valence-corrected chi connectivity index (χ2v) is 8.79. The van der Waals surface area contributed by atoms with Gasteiger partial charge in [-0.1, -0.05) is 12.1 Å². The lowest BCUT2D eigenvalue weighted by Crippen LogP contribution is -2.38. The number of halogens is 1. The van der Waals surface area contributed by atoms with Crippen molar-refractivity contribution in [3.63, 3.8) is 0 Å². The molecule has 1 amide bonds. The molecule has 2 aliphatic rings. The fraction of sp³-hybridized carbons (Fsp3) is 0.385. The van der Waals surface area contributed by atoms with Crippen LogP contribution in [0.1, 0.15) is 23.6 Å². The quantitative estimate of drug-likeness (QED) is 0.383. The first-order valence-corrected chi connectivity index (χ1v) is 11.5. The smallest absolute Gasteiger partial charge is 0.295 e. The number of nitrogens with zero attached hydrogens (tertiary/aromatic N) is 3. The number of Topliss-reactive ketones (excluding diaryl/α,β-unsaturated/α-hetero) is 1. The highest BCUT2D eigenvalue weighted by Gasteiger charge is 2.45. The molecule has 2 aliphatic heterocycles. The zero-order chi connectivity index (χ0) is 24.2. The molecule has 1 atom stereocenters. The van der Waals surface area contributed by atoms with Crippen molar-refractivity contribution in [3.8, 4) is 0 Å². The summed E-state index contributed by atoms with van der Waals surface area (Å²) in [6, 6.07) is 12.1. The fourth-order valence-electron chi connectivity index (χ4n) is 4.46. The molecule has 34 heavy (non-hydrogen) atoms. The summed E-state index contributed by atoms with van der Waals surface area (Å²) in [4.78, 5) is 32.0. The van der Waals surface area contributed by atoms with Gasteiger partial charge in [-0.2, -0.15) is 0 Å². The first kappa shape index (κ1) is 23.9. The Morgan fingerprint density at radius 1 is 1.03 bits per heavy atom. The maximum Gasteiger partial charge on any atom is 0.295 e. The summed E-state index contributed by atoms with van der Waals surface area (Å²) < 4.78 is 18.8. The van der Waals surface area contributed by atoms with E-state index in [0.29, 0.717) is 31.7 Å².